The molecule has 1 aromatic heterocycles. The number of nitrogens with one attached hydrogen (secondary N) is 1. The number of primary amides is 1. The number of carbonyl (C=O) groups is 1. The van der Waals surface area contributed by atoms with E-state index in [0.717, 1.165) is 23.1 Å². The van der Waals surface area contributed by atoms with Crippen LogP contribution in [-0.4, -0.2) is 19.0 Å². The van der Waals surface area contributed by atoms with Crippen LogP contribution in [0.25, 0.3) is 11.0 Å². The first-order chi connectivity index (χ1) is 8.27. The molecule has 1 fully saturated rings. The second kappa shape index (κ2) is 3.89. The number of benzene rings is 1. The Bertz CT molecular complexity index is 561. The molecule has 2 atom stereocenters. The van der Waals surface area contributed by atoms with E-state index in [1.54, 1.807) is 6.26 Å². The summed E-state index contributed by atoms with van der Waals surface area (Å²) < 4.78 is 5.51. The third kappa shape index (κ3) is 1.61. The van der Waals surface area contributed by atoms with E-state index in [1.165, 1.54) is 0 Å². The molecular weight excluding hydrogens is 216 g/mol. The molecule has 1 amide bonds. The second-order valence-electron chi connectivity index (χ2n) is 4.46. The highest BCUT2D eigenvalue weighted by molar-refractivity contribution is 5.84. The van der Waals surface area contributed by atoms with Crippen LogP contribution in [0.1, 0.15) is 11.5 Å². The first kappa shape index (κ1) is 10.4. The summed E-state index contributed by atoms with van der Waals surface area (Å²) >= 11 is 0. The van der Waals surface area contributed by atoms with Gasteiger partial charge in [0.1, 0.15) is 5.58 Å². The topological polar surface area (TPSA) is 68.3 Å². The van der Waals surface area contributed by atoms with Crippen LogP contribution < -0.4 is 11.1 Å². The molecule has 17 heavy (non-hydrogen) atoms. The summed E-state index contributed by atoms with van der Waals surface area (Å²) in [5.74, 6) is -0.266. The van der Waals surface area contributed by atoms with E-state index in [4.69, 9.17) is 10.2 Å². The molecule has 1 saturated heterocycles. The number of hydrogen-bond donors (Lipinski definition) is 2. The fourth-order valence-electron chi connectivity index (χ4n) is 2.59. The molecule has 2 aromatic rings. The van der Waals surface area contributed by atoms with Crippen molar-refractivity contribution in [1.82, 2.24) is 5.32 Å². The molecule has 0 spiro atoms. The molecule has 0 saturated carbocycles. The molecule has 2 heterocycles. The predicted octanol–water partition coefficient (Wildman–Crippen LogP) is 1.22. The lowest BCUT2D eigenvalue weighted by atomic mass is 9.88. The van der Waals surface area contributed by atoms with Crippen LogP contribution >= 0.6 is 0 Å². The van der Waals surface area contributed by atoms with Gasteiger partial charge in [0, 0.05) is 30.0 Å². The summed E-state index contributed by atoms with van der Waals surface area (Å²) in [6.07, 6.45) is 1.75. The van der Waals surface area contributed by atoms with E-state index in [-0.39, 0.29) is 17.7 Å². The average molecular weight is 230 g/mol. The number of nitrogens with two attached hydrogens (primary N) is 1. The van der Waals surface area contributed by atoms with Gasteiger partial charge in [0.25, 0.3) is 0 Å². The second-order valence-corrected chi connectivity index (χ2v) is 4.46. The van der Waals surface area contributed by atoms with Gasteiger partial charge in [0.15, 0.2) is 0 Å². The summed E-state index contributed by atoms with van der Waals surface area (Å²) in [5.41, 5.74) is 7.37. The molecule has 1 aromatic carbocycles. The van der Waals surface area contributed by atoms with Crippen molar-refractivity contribution in [1.29, 1.82) is 0 Å². The van der Waals surface area contributed by atoms with Crippen LogP contribution in [0.5, 0.6) is 0 Å². The number of hydrogen-bond acceptors (Lipinski definition) is 3. The van der Waals surface area contributed by atoms with Crippen molar-refractivity contribution < 1.29 is 9.21 Å². The molecular formula is C13H14N2O2. The van der Waals surface area contributed by atoms with Gasteiger partial charge < -0.3 is 15.5 Å². The fourth-order valence-corrected chi connectivity index (χ4v) is 2.59. The number of amides is 1. The van der Waals surface area contributed by atoms with Crippen molar-refractivity contribution in [2.24, 2.45) is 11.7 Å². The normalized spacial score (nSPS) is 24.2. The molecule has 88 valence electrons. The maximum atomic E-state index is 11.4. The molecule has 3 rings (SSSR count). The van der Waals surface area contributed by atoms with Gasteiger partial charge in [-0.15, -0.1) is 0 Å². The summed E-state index contributed by atoms with van der Waals surface area (Å²) in [5, 5.41) is 4.29. The van der Waals surface area contributed by atoms with Crippen LogP contribution in [-0.2, 0) is 4.79 Å². The standard InChI is InChI=1S/C13H14N2O2/c14-13(16)10-6-15-5-9(10)11-7-17-12-4-2-1-3-8(11)12/h1-4,7,9-10,15H,5-6H2,(H2,14,16). The average Bonchev–Trinajstić information content (AvgIpc) is 2.94. The summed E-state index contributed by atoms with van der Waals surface area (Å²) in [6, 6.07) is 7.86. The first-order valence-corrected chi connectivity index (χ1v) is 5.73. The van der Waals surface area contributed by atoms with Gasteiger partial charge in [-0.2, -0.15) is 0 Å². The van der Waals surface area contributed by atoms with E-state index < -0.39 is 0 Å². The summed E-state index contributed by atoms with van der Waals surface area (Å²) in [6.45, 7) is 1.43. The monoisotopic (exact) mass is 230 g/mol. The lowest BCUT2D eigenvalue weighted by Gasteiger charge is -2.13. The Kier molecular flexibility index (Phi) is 2.37. The van der Waals surface area contributed by atoms with Crippen LogP contribution in [0.4, 0.5) is 0 Å². The van der Waals surface area contributed by atoms with Crippen molar-refractivity contribution in [2.45, 2.75) is 5.92 Å². The number of fused-ring (bicyclic) bond motifs is 1. The minimum absolute atomic E-state index is 0.121. The largest absolute Gasteiger partial charge is 0.464 e. The van der Waals surface area contributed by atoms with Crippen molar-refractivity contribution in [3.8, 4) is 0 Å². The predicted molar refractivity (Wildman–Crippen MR) is 64.5 cm³/mol. The molecule has 1 aliphatic heterocycles. The smallest absolute Gasteiger partial charge is 0.222 e. The van der Waals surface area contributed by atoms with E-state index in [2.05, 4.69) is 5.32 Å². The van der Waals surface area contributed by atoms with Crippen LogP contribution in [0.2, 0.25) is 0 Å². The summed E-state index contributed by atoms with van der Waals surface area (Å²) in [7, 11) is 0. The molecule has 4 nitrogen and oxygen atoms in total. The van der Waals surface area contributed by atoms with Gasteiger partial charge >= 0.3 is 0 Å². The van der Waals surface area contributed by atoms with Crippen molar-refractivity contribution >= 4 is 16.9 Å². The van der Waals surface area contributed by atoms with E-state index >= 15 is 0 Å². The molecule has 4 heteroatoms. The Labute approximate surface area is 98.8 Å². The maximum absolute atomic E-state index is 11.4. The molecule has 1 aliphatic rings. The highest BCUT2D eigenvalue weighted by Crippen LogP contribution is 2.34. The van der Waals surface area contributed by atoms with Crippen LogP contribution in [0, 0.1) is 5.92 Å². The van der Waals surface area contributed by atoms with E-state index in [0.29, 0.717) is 6.54 Å². The third-order valence-electron chi connectivity index (χ3n) is 3.49. The van der Waals surface area contributed by atoms with Gasteiger partial charge in [0.2, 0.25) is 5.91 Å². The van der Waals surface area contributed by atoms with E-state index in [1.807, 2.05) is 24.3 Å². The fraction of sp³-hybridized carbons (Fsp3) is 0.308. The molecule has 0 bridgehead atoms. The Morgan fingerprint density at radius 1 is 1.35 bits per heavy atom. The van der Waals surface area contributed by atoms with Gasteiger partial charge in [0.05, 0.1) is 12.2 Å². The number of carbonyl (C=O) groups excluding carboxylic acids is 1. The Morgan fingerprint density at radius 3 is 3.00 bits per heavy atom. The number of para-hydroxylation sites is 1. The molecule has 0 radical (unpaired) electrons. The number of furan rings is 1. The Morgan fingerprint density at radius 2 is 2.18 bits per heavy atom. The van der Waals surface area contributed by atoms with Crippen LogP contribution in [0.3, 0.4) is 0 Å². The SMILES string of the molecule is NC(=O)C1CNCC1c1coc2ccccc12. The minimum atomic E-state index is -0.245. The lowest BCUT2D eigenvalue weighted by molar-refractivity contribution is -0.121. The molecule has 0 aliphatic carbocycles. The molecule has 2 unspecified atom stereocenters. The quantitative estimate of drug-likeness (QED) is 0.815. The van der Waals surface area contributed by atoms with E-state index in [9.17, 15) is 4.79 Å². The van der Waals surface area contributed by atoms with Crippen molar-refractivity contribution in [3.63, 3.8) is 0 Å². The zero-order valence-electron chi connectivity index (χ0n) is 9.35. The highest BCUT2D eigenvalue weighted by atomic mass is 16.3. The summed E-state index contributed by atoms with van der Waals surface area (Å²) in [4.78, 5) is 11.4. The lowest BCUT2D eigenvalue weighted by Crippen LogP contribution is -2.28. The van der Waals surface area contributed by atoms with Gasteiger partial charge in [-0.3, -0.25) is 4.79 Å². The maximum Gasteiger partial charge on any atom is 0.222 e. The third-order valence-corrected chi connectivity index (χ3v) is 3.49. The zero-order chi connectivity index (χ0) is 11.8. The van der Waals surface area contributed by atoms with Gasteiger partial charge in [-0.25, -0.2) is 0 Å². The minimum Gasteiger partial charge on any atom is -0.464 e. The zero-order valence-corrected chi connectivity index (χ0v) is 9.35. The first-order valence-electron chi connectivity index (χ1n) is 5.73. The number of rotatable bonds is 2. The van der Waals surface area contributed by atoms with Crippen LogP contribution in [0.15, 0.2) is 34.9 Å². The molecule has 3 N–H and O–H groups in total. The van der Waals surface area contributed by atoms with Gasteiger partial charge in [-0.1, -0.05) is 18.2 Å². The van der Waals surface area contributed by atoms with Crippen molar-refractivity contribution in [3.05, 3.63) is 36.1 Å². The highest BCUT2D eigenvalue weighted by Gasteiger charge is 2.34. The van der Waals surface area contributed by atoms with Gasteiger partial charge in [-0.05, 0) is 6.07 Å². The van der Waals surface area contributed by atoms with Crippen molar-refractivity contribution in [2.75, 3.05) is 13.1 Å². The Balaban J connectivity index is 2.06. The Hall–Kier alpha value is -1.81.